The number of hydrogen-bond acceptors (Lipinski definition) is 3. The van der Waals surface area contributed by atoms with E-state index in [1.807, 2.05) is 6.07 Å². The normalized spacial score (nSPS) is 23.8. The Morgan fingerprint density at radius 3 is 2.18 bits per heavy atom. The summed E-state index contributed by atoms with van der Waals surface area (Å²) in [6, 6.07) is 29.2. The molecule has 3 fully saturated rings. The highest BCUT2D eigenvalue weighted by molar-refractivity contribution is 5.63. The van der Waals surface area contributed by atoms with Crippen LogP contribution in [0.4, 0.5) is 0 Å². The van der Waals surface area contributed by atoms with E-state index in [4.69, 9.17) is 4.74 Å². The van der Waals surface area contributed by atoms with Crippen molar-refractivity contribution in [3.05, 3.63) is 90.0 Å². The van der Waals surface area contributed by atoms with Crippen LogP contribution in [0, 0.1) is 0 Å². The second kappa shape index (κ2) is 7.42. The van der Waals surface area contributed by atoms with Gasteiger partial charge in [-0.15, -0.1) is 0 Å². The predicted molar refractivity (Wildman–Crippen MR) is 114 cm³/mol. The van der Waals surface area contributed by atoms with Crippen molar-refractivity contribution in [1.82, 2.24) is 10.2 Å². The van der Waals surface area contributed by atoms with Gasteiger partial charge < -0.3 is 10.1 Å². The van der Waals surface area contributed by atoms with Gasteiger partial charge in [-0.3, -0.25) is 4.90 Å². The molecule has 0 amide bonds. The maximum Gasteiger partial charge on any atom is 0.123 e. The van der Waals surface area contributed by atoms with Crippen molar-refractivity contribution in [3.63, 3.8) is 0 Å². The fourth-order valence-electron chi connectivity index (χ4n) is 4.80. The Hall–Kier alpha value is -2.62. The van der Waals surface area contributed by atoms with E-state index in [2.05, 4.69) is 83.0 Å². The number of piperidine rings is 1. The Morgan fingerprint density at radius 2 is 1.46 bits per heavy atom. The van der Waals surface area contributed by atoms with Gasteiger partial charge in [-0.1, -0.05) is 72.8 Å². The van der Waals surface area contributed by atoms with E-state index in [1.165, 1.54) is 22.3 Å². The number of fused-ring (bicyclic) bond motifs is 2. The predicted octanol–water partition coefficient (Wildman–Crippen LogP) is 4.30. The van der Waals surface area contributed by atoms with E-state index < -0.39 is 0 Å². The summed E-state index contributed by atoms with van der Waals surface area (Å²) in [6.45, 7) is 3.12. The van der Waals surface area contributed by atoms with Crippen LogP contribution < -0.4 is 10.1 Å². The van der Waals surface area contributed by atoms with E-state index in [0.717, 1.165) is 25.4 Å². The number of benzene rings is 3. The lowest BCUT2D eigenvalue weighted by Gasteiger charge is -2.55. The van der Waals surface area contributed by atoms with Gasteiger partial charge in [0, 0.05) is 43.2 Å². The van der Waals surface area contributed by atoms with Crippen LogP contribution in [-0.4, -0.2) is 37.2 Å². The van der Waals surface area contributed by atoms with Crippen molar-refractivity contribution < 1.29 is 4.74 Å². The molecule has 142 valence electrons. The van der Waals surface area contributed by atoms with Crippen molar-refractivity contribution in [3.8, 4) is 16.9 Å². The molecule has 3 saturated heterocycles. The highest BCUT2D eigenvalue weighted by Gasteiger charge is 2.46. The van der Waals surface area contributed by atoms with Gasteiger partial charge in [0.1, 0.15) is 5.75 Å². The minimum absolute atomic E-state index is 0.538. The lowest BCUT2D eigenvalue weighted by Crippen LogP contribution is -2.71. The van der Waals surface area contributed by atoms with Crippen molar-refractivity contribution in [2.24, 2.45) is 0 Å². The number of hydrogen-bond donors (Lipinski definition) is 1. The molecule has 3 nitrogen and oxygen atoms in total. The molecule has 3 aromatic rings. The van der Waals surface area contributed by atoms with Crippen LogP contribution in [0.2, 0.25) is 0 Å². The van der Waals surface area contributed by atoms with Gasteiger partial charge in [0.05, 0.1) is 7.11 Å². The lowest BCUT2D eigenvalue weighted by atomic mass is 9.74. The molecular formula is C25H26N2O. The van der Waals surface area contributed by atoms with Crippen molar-refractivity contribution in [2.45, 2.75) is 24.5 Å². The van der Waals surface area contributed by atoms with Crippen molar-refractivity contribution in [1.29, 1.82) is 0 Å². The Balaban J connectivity index is 1.26. The smallest absolute Gasteiger partial charge is 0.123 e. The first-order chi connectivity index (χ1) is 13.8. The number of nitrogens with zero attached hydrogens (tertiary/aromatic N) is 1. The molecule has 3 heteroatoms. The van der Waals surface area contributed by atoms with Gasteiger partial charge in [-0.2, -0.15) is 0 Å². The van der Waals surface area contributed by atoms with E-state index in [1.54, 1.807) is 7.11 Å². The molecule has 0 radical (unpaired) electrons. The van der Waals surface area contributed by atoms with Crippen LogP contribution in [-0.2, 0) is 6.54 Å². The summed E-state index contributed by atoms with van der Waals surface area (Å²) in [5.41, 5.74) is 5.31. The molecule has 28 heavy (non-hydrogen) atoms. The Bertz CT molecular complexity index is 926. The molecule has 0 aromatic heterocycles. The van der Waals surface area contributed by atoms with Gasteiger partial charge in [-0.25, -0.2) is 0 Å². The molecule has 3 atom stereocenters. The second-order valence-electron chi connectivity index (χ2n) is 7.90. The van der Waals surface area contributed by atoms with E-state index in [0.29, 0.717) is 18.0 Å². The molecule has 2 bridgehead atoms. The number of rotatable bonds is 5. The van der Waals surface area contributed by atoms with Gasteiger partial charge in [-0.05, 0) is 22.8 Å². The maximum atomic E-state index is 5.52. The van der Waals surface area contributed by atoms with Crippen LogP contribution in [0.1, 0.15) is 17.0 Å². The molecule has 1 unspecified atom stereocenters. The van der Waals surface area contributed by atoms with E-state index >= 15 is 0 Å². The van der Waals surface area contributed by atoms with Crippen molar-refractivity contribution in [2.75, 3.05) is 20.2 Å². The average molecular weight is 370 g/mol. The van der Waals surface area contributed by atoms with E-state index in [9.17, 15) is 0 Å². The van der Waals surface area contributed by atoms with Gasteiger partial charge in [0.25, 0.3) is 0 Å². The first kappa shape index (κ1) is 17.5. The molecule has 3 aromatic carbocycles. The number of para-hydroxylation sites is 1. The van der Waals surface area contributed by atoms with Crippen LogP contribution in [0.25, 0.3) is 11.1 Å². The molecule has 3 heterocycles. The molecule has 6 rings (SSSR count). The average Bonchev–Trinajstić information content (AvgIpc) is 2.75. The third-order valence-corrected chi connectivity index (χ3v) is 6.19. The summed E-state index contributed by atoms with van der Waals surface area (Å²) < 4.78 is 5.52. The van der Waals surface area contributed by atoms with Gasteiger partial charge in [0.2, 0.25) is 0 Å². The van der Waals surface area contributed by atoms with Crippen LogP contribution in [0.3, 0.4) is 0 Å². The topological polar surface area (TPSA) is 24.5 Å². The highest BCUT2D eigenvalue weighted by atomic mass is 16.5. The first-order valence-electron chi connectivity index (χ1n) is 10.1. The third kappa shape index (κ3) is 3.21. The minimum Gasteiger partial charge on any atom is -0.496 e. The molecule has 1 N–H and O–H groups in total. The van der Waals surface area contributed by atoms with Gasteiger partial charge >= 0.3 is 0 Å². The number of nitrogens with one attached hydrogen (secondary N) is 1. The van der Waals surface area contributed by atoms with Gasteiger partial charge in [0.15, 0.2) is 0 Å². The summed E-state index contributed by atoms with van der Waals surface area (Å²) in [5.74, 6) is 1.61. The summed E-state index contributed by atoms with van der Waals surface area (Å²) in [6.07, 6.45) is 0. The summed E-state index contributed by atoms with van der Waals surface area (Å²) in [7, 11) is 1.75. The quantitative estimate of drug-likeness (QED) is 0.725. The third-order valence-electron chi connectivity index (χ3n) is 6.19. The molecule has 0 saturated carbocycles. The molecule has 3 aliphatic rings. The molecule has 3 aliphatic heterocycles. The minimum atomic E-state index is 0.538. The number of piperazine rings is 1. The summed E-state index contributed by atoms with van der Waals surface area (Å²) in [4.78, 5) is 2.55. The Labute approximate surface area is 167 Å². The number of methoxy groups -OCH3 is 1. The monoisotopic (exact) mass is 370 g/mol. The van der Waals surface area contributed by atoms with Crippen LogP contribution >= 0.6 is 0 Å². The molecular weight excluding hydrogens is 344 g/mol. The Morgan fingerprint density at radius 1 is 0.821 bits per heavy atom. The molecule has 0 spiro atoms. The maximum absolute atomic E-state index is 5.52. The summed E-state index contributed by atoms with van der Waals surface area (Å²) in [5, 5.41) is 3.75. The second-order valence-corrected chi connectivity index (χ2v) is 7.90. The van der Waals surface area contributed by atoms with Crippen molar-refractivity contribution >= 4 is 0 Å². The zero-order valence-electron chi connectivity index (χ0n) is 16.2. The zero-order valence-corrected chi connectivity index (χ0v) is 16.2. The Kier molecular flexibility index (Phi) is 4.63. The highest BCUT2D eigenvalue weighted by Crippen LogP contribution is 2.38. The largest absolute Gasteiger partial charge is 0.496 e. The van der Waals surface area contributed by atoms with Crippen LogP contribution in [0.5, 0.6) is 5.75 Å². The van der Waals surface area contributed by atoms with Crippen LogP contribution in [0.15, 0.2) is 78.9 Å². The SMILES string of the molecule is COc1ccccc1CN1C[C@@H]2N[C@H](C1)C2c1ccc(-c2ccccc2)cc1. The molecule has 0 aliphatic carbocycles. The first-order valence-corrected chi connectivity index (χ1v) is 10.1. The summed E-state index contributed by atoms with van der Waals surface area (Å²) >= 11 is 0. The standard InChI is InChI=1S/C25H26N2O/c1-28-24-10-6-5-9-21(24)15-27-16-22-25(23(17-27)26-22)20-13-11-19(12-14-20)18-7-3-2-4-8-18/h2-14,22-23,25-26H,15-17H2,1H3/t22-,23+,25?. The zero-order chi connectivity index (χ0) is 18.9. The number of ether oxygens (including phenoxy) is 1. The fraction of sp³-hybridized carbons (Fsp3) is 0.280. The van der Waals surface area contributed by atoms with E-state index in [-0.39, 0.29) is 0 Å². The lowest BCUT2D eigenvalue weighted by molar-refractivity contribution is 0.0466. The fourth-order valence-corrected chi connectivity index (χ4v) is 4.80.